The van der Waals surface area contributed by atoms with E-state index in [9.17, 15) is 26.4 Å². The Labute approximate surface area is 212 Å². The van der Waals surface area contributed by atoms with Crippen molar-refractivity contribution in [1.82, 2.24) is 14.9 Å². The third kappa shape index (κ3) is 6.18. The van der Waals surface area contributed by atoms with Gasteiger partial charge in [-0.1, -0.05) is 35.9 Å². The summed E-state index contributed by atoms with van der Waals surface area (Å²) in [7, 11) is -4.35. The molecule has 4 aromatic rings. The molecule has 0 saturated carbocycles. The number of hydrogen-bond acceptors (Lipinski definition) is 4. The lowest BCUT2D eigenvalue weighted by Crippen LogP contribution is -2.40. The van der Waals surface area contributed by atoms with E-state index in [0.717, 1.165) is 28.9 Å². The van der Waals surface area contributed by atoms with Crippen LogP contribution in [0.4, 0.5) is 18.9 Å². The van der Waals surface area contributed by atoms with Gasteiger partial charge in [-0.3, -0.25) is 9.10 Å². The number of alkyl halides is 3. The van der Waals surface area contributed by atoms with Crippen LogP contribution < -0.4 is 9.62 Å². The molecule has 1 N–H and O–H groups in total. The van der Waals surface area contributed by atoms with Gasteiger partial charge in [-0.15, -0.1) is 0 Å². The SMILES string of the molecule is Cc1ccc(S(=O)(=O)N(CC(=O)NCc2ccc(-n3ccnc3)cc2)c2cccc(C(F)(F)F)c2)cc1. The first-order chi connectivity index (χ1) is 17.5. The molecule has 0 aliphatic rings. The second-order valence-electron chi connectivity index (χ2n) is 8.29. The topological polar surface area (TPSA) is 84.3 Å². The first-order valence-corrected chi connectivity index (χ1v) is 12.6. The van der Waals surface area contributed by atoms with E-state index in [0.29, 0.717) is 10.4 Å². The Morgan fingerprint density at radius 2 is 1.73 bits per heavy atom. The predicted molar refractivity (Wildman–Crippen MR) is 133 cm³/mol. The van der Waals surface area contributed by atoms with Gasteiger partial charge in [-0.05, 0) is 55.0 Å². The average Bonchev–Trinajstić information content (AvgIpc) is 3.41. The molecule has 0 fully saturated rings. The maximum absolute atomic E-state index is 13.4. The molecule has 11 heteroatoms. The number of nitrogens with one attached hydrogen (secondary N) is 1. The minimum Gasteiger partial charge on any atom is -0.350 e. The summed E-state index contributed by atoms with van der Waals surface area (Å²) in [6, 6.07) is 17.0. The quantitative estimate of drug-likeness (QED) is 0.359. The number of rotatable bonds is 8. The standard InChI is InChI=1S/C26H23F3N4O3S/c1-19-5-11-24(12-6-19)37(35,36)33(23-4-2-3-21(15-23)26(27,28)29)17-25(34)31-16-20-7-9-22(10-8-20)32-14-13-30-18-32/h2-15,18H,16-17H2,1H3,(H,31,34). The summed E-state index contributed by atoms with van der Waals surface area (Å²) >= 11 is 0. The largest absolute Gasteiger partial charge is 0.416 e. The fourth-order valence-electron chi connectivity index (χ4n) is 3.57. The summed E-state index contributed by atoms with van der Waals surface area (Å²) in [5, 5.41) is 2.64. The number of sulfonamides is 1. The second kappa shape index (κ2) is 10.5. The van der Waals surface area contributed by atoms with Crippen molar-refractivity contribution in [2.75, 3.05) is 10.8 Å². The van der Waals surface area contributed by atoms with Crippen molar-refractivity contribution in [3.05, 3.63) is 108 Å². The Morgan fingerprint density at radius 1 is 1.03 bits per heavy atom. The lowest BCUT2D eigenvalue weighted by atomic mass is 10.2. The van der Waals surface area contributed by atoms with Gasteiger partial charge in [0, 0.05) is 24.6 Å². The smallest absolute Gasteiger partial charge is 0.350 e. The number of amides is 1. The Bertz CT molecular complexity index is 1470. The Kier molecular flexibility index (Phi) is 7.35. The van der Waals surface area contributed by atoms with Gasteiger partial charge in [0.1, 0.15) is 6.54 Å². The number of aryl methyl sites for hydroxylation is 1. The van der Waals surface area contributed by atoms with Crippen LogP contribution in [0.1, 0.15) is 16.7 Å². The minimum absolute atomic E-state index is 0.101. The lowest BCUT2D eigenvalue weighted by Gasteiger charge is -2.25. The molecule has 1 amide bonds. The van der Waals surface area contributed by atoms with E-state index in [2.05, 4.69) is 10.3 Å². The number of halogens is 3. The zero-order valence-corrected chi connectivity index (χ0v) is 20.5. The van der Waals surface area contributed by atoms with Crippen LogP contribution in [0.25, 0.3) is 5.69 Å². The van der Waals surface area contributed by atoms with E-state index in [1.54, 1.807) is 49.9 Å². The number of carbonyl (C=O) groups excluding carboxylic acids is 1. The van der Waals surface area contributed by atoms with Crippen LogP contribution in [0.5, 0.6) is 0 Å². The number of imidazole rings is 1. The van der Waals surface area contributed by atoms with E-state index in [1.807, 2.05) is 16.7 Å². The van der Waals surface area contributed by atoms with Crippen molar-refractivity contribution < 1.29 is 26.4 Å². The number of hydrogen-bond donors (Lipinski definition) is 1. The van der Waals surface area contributed by atoms with E-state index in [1.165, 1.54) is 18.2 Å². The fourth-order valence-corrected chi connectivity index (χ4v) is 4.99. The van der Waals surface area contributed by atoms with Crippen molar-refractivity contribution in [3.8, 4) is 5.69 Å². The van der Waals surface area contributed by atoms with Crippen molar-refractivity contribution in [2.45, 2.75) is 24.5 Å². The third-order valence-corrected chi connectivity index (χ3v) is 7.37. The fraction of sp³-hybridized carbons (Fsp3) is 0.154. The molecule has 0 aliphatic heterocycles. The van der Waals surface area contributed by atoms with Gasteiger partial charge in [-0.25, -0.2) is 13.4 Å². The number of nitrogens with zero attached hydrogens (tertiary/aromatic N) is 3. The van der Waals surface area contributed by atoms with Crippen LogP contribution in [0.15, 0.2) is 96.4 Å². The first-order valence-electron chi connectivity index (χ1n) is 11.1. The Hall–Kier alpha value is -4.12. The summed E-state index contributed by atoms with van der Waals surface area (Å²) < 4.78 is 69.3. The summed E-state index contributed by atoms with van der Waals surface area (Å²) in [6.07, 6.45) is 0.399. The molecule has 0 bridgehead atoms. The van der Waals surface area contributed by atoms with Crippen molar-refractivity contribution in [1.29, 1.82) is 0 Å². The minimum atomic E-state index is -4.68. The molecule has 4 rings (SSSR count). The highest BCUT2D eigenvalue weighted by molar-refractivity contribution is 7.92. The molecule has 0 saturated heterocycles. The van der Waals surface area contributed by atoms with Crippen LogP contribution in [-0.4, -0.2) is 30.4 Å². The van der Waals surface area contributed by atoms with E-state index < -0.39 is 34.2 Å². The normalized spacial score (nSPS) is 11.8. The van der Waals surface area contributed by atoms with Gasteiger partial charge >= 0.3 is 6.18 Å². The molecule has 0 atom stereocenters. The van der Waals surface area contributed by atoms with Crippen LogP contribution in [-0.2, 0) is 27.5 Å². The van der Waals surface area contributed by atoms with Crippen molar-refractivity contribution in [3.63, 3.8) is 0 Å². The molecule has 0 unspecified atom stereocenters. The lowest BCUT2D eigenvalue weighted by molar-refractivity contribution is -0.137. The van der Waals surface area contributed by atoms with Gasteiger partial charge in [0.2, 0.25) is 5.91 Å². The first kappa shape index (κ1) is 26.0. The van der Waals surface area contributed by atoms with Gasteiger partial charge in [0.15, 0.2) is 0 Å². The second-order valence-corrected chi connectivity index (χ2v) is 10.1. The van der Waals surface area contributed by atoms with Gasteiger partial charge in [0.05, 0.1) is 22.5 Å². The van der Waals surface area contributed by atoms with Crippen LogP contribution in [0.3, 0.4) is 0 Å². The number of benzene rings is 3. The molecule has 0 spiro atoms. The van der Waals surface area contributed by atoms with Gasteiger partial charge < -0.3 is 9.88 Å². The maximum Gasteiger partial charge on any atom is 0.416 e. The maximum atomic E-state index is 13.4. The molecule has 37 heavy (non-hydrogen) atoms. The monoisotopic (exact) mass is 528 g/mol. The molecule has 1 heterocycles. The number of anilines is 1. The Balaban J connectivity index is 1.56. The zero-order chi connectivity index (χ0) is 26.6. The molecule has 7 nitrogen and oxygen atoms in total. The predicted octanol–water partition coefficient (Wildman–Crippen LogP) is 4.71. The van der Waals surface area contributed by atoms with Crippen LogP contribution in [0.2, 0.25) is 0 Å². The van der Waals surface area contributed by atoms with Crippen molar-refractivity contribution >= 4 is 21.6 Å². The summed E-state index contributed by atoms with van der Waals surface area (Å²) in [4.78, 5) is 16.7. The highest BCUT2D eigenvalue weighted by atomic mass is 32.2. The molecule has 3 aromatic carbocycles. The summed E-state index contributed by atoms with van der Waals surface area (Å²) in [5.41, 5.74) is 1.14. The van der Waals surface area contributed by atoms with Crippen LogP contribution in [0, 0.1) is 6.92 Å². The summed E-state index contributed by atoms with van der Waals surface area (Å²) in [6.45, 7) is 1.17. The van der Waals surface area contributed by atoms with Gasteiger partial charge in [-0.2, -0.15) is 13.2 Å². The molecule has 1 aromatic heterocycles. The van der Waals surface area contributed by atoms with E-state index in [-0.39, 0.29) is 17.1 Å². The highest BCUT2D eigenvalue weighted by Gasteiger charge is 2.33. The average molecular weight is 529 g/mol. The molecule has 0 radical (unpaired) electrons. The molecular formula is C26H23F3N4O3S. The zero-order valence-electron chi connectivity index (χ0n) is 19.7. The third-order valence-electron chi connectivity index (χ3n) is 5.59. The number of aromatic nitrogens is 2. The summed E-state index contributed by atoms with van der Waals surface area (Å²) in [5.74, 6) is -0.674. The number of carbonyl (C=O) groups is 1. The highest BCUT2D eigenvalue weighted by Crippen LogP contribution is 2.33. The Morgan fingerprint density at radius 3 is 2.35 bits per heavy atom. The van der Waals surface area contributed by atoms with E-state index in [4.69, 9.17) is 0 Å². The van der Waals surface area contributed by atoms with Crippen molar-refractivity contribution in [2.24, 2.45) is 0 Å². The van der Waals surface area contributed by atoms with Gasteiger partial charge in [0.25, 0.3) is 10.0 Å². The molecular weight excluding hydrogens is 505 g/mol. The van der Waals surface area contributed by atoms with Crippen LogP contribution >= 0.6 is 0 Å². The molecule has 0 aliphatic carbocycles. The molecule has 192 valence electrons. The van der Waals surface area contributed by atoms with E-state index >= 15 is 0 Å².